The maximum Gasteiger partial charge on any atom is 0.187 e. The van der Waals surface area contributed by atoms with Crippen molar-refractivity contribution >= 4 is 11.6 Å². The lowest BCUT2D eigenvalue weighted by Gasteiger charge is -2.54. The molecule has 8 aliphatic rings. The Morgan fingerprint density at radius 1 is 0.891 bits per heavy atom. The second-order valence-electron chi connectivity index (χ2n) is 19.5. The average molecular weight is 771 g/mol. The molecule has 0 aromatic carbocycles. The lowest BCUT2D eigenvalue weighted by Crippen LogP contribution is -2.69. The van der Waals surface area contributed by atoms with Gasteiger partial charge in [0.15, 0.2) is 12.1 Å². The van der Waals surface area contributed by atoms with Crippen molar-refractivity contribution in [1.29, 1.82) is 0 Å². The molecule has 55 heavy (non-hydrogen) atoms. The van der Waals surface area contributed by atoms with Crippen molar-refractivity contribution in [3.05, 3.63) is 23.5 Å². The number of nitrogens with two attached hydrogens (primary N) is 1. The topological polar surface area (TPSA) is 212 Å². The number of nitrogens with one attached hydrogen (secondary N) is 1. The third-order valence-electron chi connectivity index (χ3n) is 16.2. The van der Waals surface area contributed by atoms with Crippen LogP contribution in [0, 0.1) is 52.3 Å². The third kappa shape index (κ3) is 7.32. The maximum atomic E-state index is 14.4. The summed E-state index contributed by atoms with van der Waals surface area (Å²) in [7, 11) is 0. The summed E-state index contributed by atoms with van der Waals surface area (Å²) >= 11 is 0. The molecule has 12 heteroatoms. The van der Waals surface area contributed by atoms with Gasteiger partial charge < -0.3 is 51.2 Å². The highest BCUT2D eigenvalue weighted by Crippen LogP contribution is 2.64. The van der Waals surface area contributed by atoms with E-state index in [4.69, 9.17) is 15.2 Å². The number of ether oxygens (including phenoxy) is 2. The number of carbonyl (C=O) groups excluding carboxylic acids is 2. The van der Waals surface area contributed by atoms with Crippen LogP contribution in [0.4, 0.5) is 0 Å². The normalized spacial score (nSPS) is 47.3. The number of hydrogen-bond donors (Lipinski definition) is 8. The fraction of sp³-hybridized carbons (Fsp3) is 0.860. The first kappa shape index (κ1) is 40.1. The van der Waals surface area contributed by atoms with Gasteiger partial charge in [-0.05, 0) is 130 Å². The summed E-state index contributed by atoms with van der Waals surface area (Å²) in [5.74, 6) is -2.95. The zero-order valence-corrected chi connectivity index (χ0v) is 32.4. The van der Waals surface area contributed by atoms with Crippen LogP contribution in [0.3, 0.4) is 0 Å². The smallest absolute Gasteiger partial charge is 0.187 e. The van der Waals surface area contributed by atoms with Crippen LogP contribution in [0.5, 0.6) is 0 Å². The molecule has 0 aromatic heterocycles. The van der Waals surface area contributed by atoms with Gasteiger partial charge in [-0.3, -0.25) is 9.59 Å². The number of aliphatic hydroxyl groups excluding tert-OH is 5. The molecule has 2 heterocycles. The number of carbonyl (C=O) groups is 2. The Hall–Kier alpha value is -1.74. The monoisotopic (exact) mass is 770 g/mol. The molecule has 0 aromatic rings. The molecule has 1 spiro atoms. The standard InChI is InChI=1S/C43H66N2O10/c44-33-19-27(9-14-45-33)42(13-12-41(22-42)10-1-2-11-41)23-43(53)38(51)32(21-47)55-40(39(43)52)54-31-8-4-7-28-35(31)37(50)34-29(36(28)49)17-26(18-30(34)48)16-24-5-3-6-25(15-24)20-46/h17-18,24-25,27-29,31-35,38-40,45-48,51-53H,1-16,19-23,44H2/t24?,25?,27?,28?,29-,31?,32-,33?,34+,35?,38-,39+,40+,42+,43+/m1/s1. The Morgan fingerprint density at radius 2 is 1.65 bits per heavy atom. The van der Waals surface area contributed by atoms with E-state index in [9.17, 15) is 40.2 Å². The number of hydrogen-bond acceptors (Lipinski definition) is 12. The number of allylic oxidation sites excluding steroid dienone is 4. The van der Waals surface area contributed by atoms with Gasteiger partial charge in [-0.15, -0.1) is 0 Å². The summed E-state index contributed by atoms with van der Waals surface area (Å²) in [4.78, 5) is 28.7. The molecule has 0 bridgehead atoms. The highest BCUT2D eigenvalue weighted by molar-refractivity contribution is 6.02. The fourth-order valence-corrected chi connectivity index (χ4v) is 13.5. The Labute approximate surface area is 325 Å². The van der Waals surface area contributed by atoms with E-state index < -0.39 is 72.0 Å². The summed E-state index contributed by atoms with van der Waals surface area (Å²) in [6.45, 7) is 0.307. The summed E-state index contributed by atoms with van der Waals surface area (Å²) in [6, 6.07) is 0. The van der Waals surface area contributed by atoms with Crippen LogP contribution in [0.15, 0.2) is 23.5 Å². The van der Waals surface area contributed by atoms with Crippen LogP contribution in [0.25, 0.3) is 0 Å². The number of rotatable bonds is 9. The SMILES string of the molecule is NC1CC([C@@]2(C[C@]3(O)[C@H](O)[C@@H](CO)O[C@H](OC4CCCC5C(=O)[C@@H]6C=C(CC7CCCC(CO)C7)C=C(O)[C@H]6C(=O)C45)[C@@H]3O)CCC3(CCCC3)C2)CCN1. The van der Waals surface area contributed by atoms with Crippen LogP contribution in [-0.4, -0.2) is 104 Å². The van der Waals surface area contributed by atoms with Gasteiger partial charge in [0.2, 0.25) is 0 Å². The second kappa shape index (κ2) is 15.8. The van der Waals surface area contributed by atoms with Crippen molar-refractivity contribution in [2.24, 2.45) is 58.0 Å². The Kier molecular flexibility index (Phi) is 11.5. The average Bonchev–Trinajstić information content (AvgIpc) is 3.80. The number of ketones is 2. The molecule has 7 fully saturated rings. The van der Waals surface area contributed by atoms with Gasteiger partial charge in [-0.25, -0.2) is 0 Å². The minimum absolute atomic E-state index is 0.0913. The van der Waals surface area contributed by atoms with E-state index in [-0.39, 0.29) is 53.8 Å². The zero-order valence-electron chi connectivity index (χ0n) is 32.4. The highest BCUT2D eigenvalue weighted by atomic mass is 16.7. The molecule has 5 saturated carbocycles. The molecular formula is C43H66N2O10. The fourth-order valence-electron chi connectivity index (χ4n) is 13.5. The first-order valence-corrected chi connectivity index (χ1v) is 21.7. The number of Topliss-reactive ketones (excluding diaryl/α,β-unsaturated/α-hetero) is 2. The summed E-state index contributed by atoms with van der Waals surface area (Å²) in [5.41, 5.74) is 5.00. The van der Waals surface area contributed by atoms with Crippen LogP contribution in [0.1, 0.15) is 116 Å². The second-order valence-corrected chi connectivity index (χ2v) is 19.5. The van der Waals surface area contributed by atoms with Crippen molar-refractivity contribution in [1.82, 2.24) is 5.32 Å². The first-order valence-electron chi connectivity index (χ1n) is 21.7. The van der Waals surface area contributed by atoms with Gasteiger partial charge in [0, 0.05) is 12.5 Å². The third-order valence-corrected chi connectivity index (χ3v) is 16.2. The number of piperidine rings is 1. The summed E-state index contributed by atoms with van der Waals surface area (Å²) < 4.78 is 12.6. The quantitative estimate of drug-likeness (QED) is 0.170. The molecule has 0 amide bonds. The number of aliphatic hydroxyl groups is 6. The van der Waals surface area contributed by atoms with E-state index in [1.54, 1.807) is 6.08 Å². The Bertz CT molecular complexity index is 1500. The van der Waals surface area contributed by atoms with Crippen molar-refractivity contribution < 1.29 is 49.7 Å². The van der Waals surface area contributed by atoms with Crippen LogP contribution in [-0.2, 0) is 19.1 Å². The van der Waals surface area contributed by atoms with Gasteiger partial charge >= 0.3 is 0 Å². The predicted octanol–water partition coefficient (Wildman–Crippen LogP) is 3.32. The molecule has 15 atom stereocenters. The van der Waals surface area contributed by atoms with Gasteiger partial charge in [-0.1, -0.05) is 38.2 Å². The van der Waals surface area contributed by atoms with E-state index in [0.717, 1.165) is 82.7 Å². The first-order chi connectivity index (χ1) is 26.4. The molecule has 9 N–H and O–H groups in total. The predicted molar refractivity (Wildman–Crippen MR) is 202 cm³/mol. The van der Waals surface area contributed by atoms with Crippen molar-refractivity contribution in [2.45, 2.75) is 158 Å². The largest absolute Gasteiger partial charge is 0.512 e. The van der Waals surface area contributed by atoms with Crippen LogP contribution >= 0.6 is 0 Å². The van der Waals surface area contributed by atoms with Gasteiger partial charge in [0.1, 0.15) is 35.5 Å². The molecule has 0 radical (unpaired) electrons. The summed E-state index contributed by atoms with van der Waals surface area (Å²) in [5, 5.41) is 71.3. The molecule has 2 aliphatic heterocycles. The maximum absolute atomic E-state index is 14.4. The van der Waals surface area contributed by atoms with Crippen LogP contribution < -0.4 is 11.1 Å². The van der Waals surface area contributed by atoms with Gasteiger partial charge in [0.05, 0.1) is 36.6 Å². The Balaban J connectivity index is 1.02. The molecule has 8 rings (SSSR count). The lowest BCUT2D eigenvalue weighted by molar-refractivity contribution is -0.350. The van der Waals surface area contributed by atoms with E-state index in [1.807, 2.05) is 6.08 Å². The van der Waals surface area contributed by atoms with Gasteiger partial charge in [-0.2, -0.15) is 0 Å². The van der Waals surface area contributed by atoms with E-state index in [2.05, 4.69) is 5.32 Å². The van der Waals surface area contributed by atoms with E-state index >= 15 is 0 Å². The zero-order chi connectivity index (χ0) is 38.7. The lowest BCUT2D eigenvalue weighted by atomic mass is 9.59. The van der Waals surface area contributed by atoms with E-state index in [0.29, 0.717) is 31.6 Å². The minimum atomic E-state index is -2.08. The minimum Gasteiger partial charge on any atom is -0.512 e. The van der Waals surface area contributed by atoms with Crippen molar-refractivity contribution in [2.75, 3.05) is 19.8 Å². The van der Waals surface area contributed by atoms with Gasteiger partial charge in [0.25, 0.3) is 0 Å². The molecule has 2 saturated heterocycles. The van der Waals surface area contributed by atoms with E-state index in [1.165, 1.54) is 12.8 Å². The number of fused-ring (bicyclic) bond motifs is 2. The molecular weight excluding hydrogens is 704 g/mol. The van der Waals surface area contributed by atoms with Crippen molar-refractivity contribution in [3.8, 4) is 0 Å². The van der Waals surface area contributed by atoms with Crippen LogP contribution in [0.2, 0.25) is 0 Å². The highest BCUT2D eigenvalue weighted by Gasteiger charge is 2.63. The molecule has 7 unspecified atom stereocenters. The van der Waals surface area contributed by atoms with Crippen molar-refractivity contribution in [3.63, 3.8) is 0 Å². The molecule has 308 valence electrons. The molecule has 12 nitrogen and oxygen atoms in total. The Morgan fingerprint density at radius 3 is 2.40 bits per heavy atom. The molecule has 6 aliphatic carbocycles. The summed E-state index contributed by atoms with van der Waals surface area (Å²) in [6.07, 6.45) is 11.8.